The highest BCUT2D eigenvalue weighted by molar-refractivity contribution is 6.37. The third kappa shape index (κ3) is 1.94. The number of benzene rings is 1. The fraction of sp³-hybridized carbons (Fsp3) is 0.0667. The first kappa shape index (κ1) is 12.7. The van der Waals surface area contributed by atoms with E-state index in [1.54, 1.807) is 36.7 Å². The Kier molecular flexibility index (Phi) is 2.95. The molecule has 3 aromatic rings. The molecule has 1 aromatic carbocycles. The first-order chi connectivity index (χ1) is 9.58. The largest absolute Gasteiger partial charge is 0.399 e. The zero-order valence-corrected chi connectivity index (χ0v) is 11.5. The number of aromatic amines is 1. The Labute approximate surface area is 120 Å². The number of nitrogen functional groups attached to an aromatic ring is 1. The number of pyridine rings is 1. The van der Waals surface area contributed by atoms with Gasteiger partial charge in [-0.2, -0.15) is 0 Å². The van der Waals surface area contributed by atoms with Gasteiger partial charge in [-0.3, -0.25) is 4.79 Å². The molecule has 0 amide bonds. The van der Waals surface area contributed by atoms with Gasteiger partial charge in [0.05, 0.1) is 10.6 Å². The minimum absolute atomic E-state index is 0.0938. The number of rotatable bonds is 2. The van der Waals surface area contributed by atoms with Crippen molar-refractivity contribution in [2.45, 2.75) is 6.92 Å². The Morgan fingerprint density at radius 1 is 1.30 bits per heavy atom. The van der Waals surface area contributed by atoms with Crippen molar-refractivity contribution in [3.8, 4) is 0 Å². The average molecular weight is 286 g/mol. The number of hydrogen-bond acceptors (Lipinski definition) is 3. The molecular weight excluding hydrogens is 274 g/mol. The van der Waals surface area contributed by atoms with Crippen molar-refractivity contribution in [3.05, 3.63) is 58.4 Å². The molecule has 0 aliphatic heterocycles. The summed E-state index contributed by atoms with van der Waals surface area (Å²) in [5, 5.41) is 1.16. The molecule has 5 heteroatoms. The first-order valence-electron chi connectivity index (χ1n) is 6.10. The Balaban J connectivity index is 2.18. The highest BCUT2D eigenvalue weighted by Gasteiger charge is 2.18. The average Bonchev–Trinajstić information content (AvgIpc) is 2.83. The SMILES string of the molecule is Cc1cc(N)ccc1C(=O)c1c[nH]c2nccc(Cl)c12. The van der Waals surface area contributed by atoms with Crippen molar-refractivity contribution in [3.63, 3.8) is 0 Å². The number of ketones is 1. The van der Waals surface area contributed by atoms with Crippen LogP contribution in [-0.2, 0) is 0 Å². The lowest BCUT2D eigenvalue weighted by Crippen LogP contribution is -2.04. The van der Waals surface area contributed by atoms with E-state index in [0.717, 1.165) is 5.56 Å². The molecular formula is C15H12ClN3O. The molecule has 100 valence electrons. The van der Waals surface area contributed by atoms with E-state index in [0.29, 0.717) is 32.9 Å². The standard InChI is InChI=1S/C15H12ClN3O/c1-8-6-9(17)2-3-10(8)14(20)11-7-19-15-13(11)12(16)4-5-18-15/h2-7H,17H2,1H3,(H,18,19). The molecule has 0 aliphatic carbocycles. The molecule has 0 spiro atoms. The van der Waals surface area contributed by atoms with Gasteiger partial charge in [0.25, 0.3) is 0 Å². The molecule has 0 saturated heterocycles. The fourth-order valence-corrected chi connectivity index (χ4v) is 2.53. The second kappa shape index (κ2) is 4.65. The van der Waals surface area contributed by atoms with Gasteiger partial charge in [-0.15, -0.1) is 0 Å². The predicted octanol–water partition coefficient (Wildman–Crippen LogP) is 3.34. The second-order valence-electron chi connectivity index (χ2n) is 4.62. The lowest BCUT2D eigenvalue weighted by molar-refractivity contribution is 0.104. The fourth-order valence-electron chi connectivity index (χ4n) is 2.28. The van der Waals surface area contributed by atoms with Gasteiger partial charge >= 0.3 is 0 Å². The maximum absolute atomic E-state index is 12.7. The molecule has 0 unspecified atom stereocenters. The quantitative estimate of drug-likeness (QED) is 0.560. The molecule has 0 atom stereocenters. The summed E-state index contributed by atoms with van der Waals surface area (Å²) in [6.45, 7) is 1.86. The minimum Gasteiger partial charge on any atom is -0.399 e. The molecule has 0 saturated carbocycles. The van der Waals surface area contributed by atoms with Crippen LogP contribution in [0.1, 0.15) is 21.5 Å². The summed E-state index contributed by atoms with van der Waals surface area (Å²) in [7, 11) is 0. The van der Waals surface area contributed by atoms with E-state index < -0.39 is 0 Å². The number of hydrogen-bond donors (Lipinski definition) is 2. The molecule has 0 radical (unpaired) electrons. The Morgan fingerprint density at radius 3 is 2.85 bits per heavy atom. The number of fused-ring (bicyclic) bond motifs is 1. The number of carbonyl (C=O) groups is 1. The van der Waals surface area contributed by atoms with Crippen molar-refractivity contribution >= 4 is 34.1 Å². The molecule has 2 heterocycles. The number of H-pyrrole nitrogens is 1. The summed E-state index contributed by atoms with van der Waals surface area (Å²) in [6, 6.07) is 6.90. The number of halogens is 1. The van der Waals surface area contributed by atoms with E-state index in [1.165, 1.54) is 0 Å². The summed E-state index contributed by atoms with van der Waals surface area (Å²) in [6.07, 6.45) is 3.24. The van der Waals surface area contributed by atoms with Gasteiger partial charge in [0.1, 0.15) is 5.65 Å². The Morgan fingerprint density at radius 2 is 2.10 bits per heavy atom. The van der Waals surface area contributed by atoms with Crippen molar-refractivity contribution in [1.82, 2.24) is 9.97 Å². The van der Waals surface area contributed by atoms with Crippen molar-refractivity contribution in [1.29, 1.82) is 0 Å². The number of carbonyl (C=O) groups excluding carboxylic acids is 1. The molecule has 2 aromatic heterocycles. The van der Waals surface area contributed by atoms with Crippen LogP contribution in [0.2, 0.25) is 5.02 Å². The molecule has 0 aliphatic rings. The third-order valence-corrected chi connectivity index (χ3v) is 3.58. The highest BCUT2D eigenvalue weighted by Crippen LogP contribution is 2.27. The smallest absolute Gasteiger partial charge is 0.195 e. The molecule has 0 bridgehead atoms. The van der Waals surface area contributed by atoms with Crippen LogP contribution in [-0.4, -0.2) is 15.8 Å². The van der Waals surface area contributed by atoms with Crippen LogP contribution in [0, 0.1) is 6.92 Å². The Bertz CT molecular complexity index is 823. The van der Waals surface area contributed by atoms with E-state index in [-0.39, 0.29) is 5.78 Å². The number of anilines is 1. The van der Waals surface area contributed by atoms with Gasteiger partial charge in [0, 0.05) is 29.0 Å². The molecule has 20 heavy (non-hydrogen) atoms. The summed E-state index contributed by atoms with van der Waals surface area (Å²) in [4.78, 5) is 19.8. The van der Waals surface area contributed by atoms with Crippen molar-refractivity contribution in [2.75, 3.05) is 5.73 Å². The summed E-state index contributed by atoms with van der Waals surface area (Å²) in [5.41, 5.74) is 8.92. The van der Waals surface area contributed by atoms with Crippen LogP contribution < -0.4 is 5.73 Å². The maximum atomic E-state index is 12.7. The normalized spacial score (nSPS) is 10.9. The number of nitrogens with one attached hydrogen (secondary N) is 1. The number of aromatic nitrogens is 2. The first-order valence-corrected chi connectivity index (χ1v) is 6.48. The van der Waals surface area contributed by atoms with Crippen LogP contribution in [0.3, 0.4) is 0 Å². The van der Waals surface area contributed by atoms with Crippen LogP contribution in [0.25, 0.3) is 11.0 Å². The van der Waals surface area contributed by atoms with E-state index >= 15 is 0 Å². The summed E-state index contributed by atoms with van der Waals surface area (Å²) < 4.78 is 0. The predicted molar refractivity (Wildman–Crippen MR) is 80.1 cm³/mol. The van der Waals surface area contributed by atoms with Gasteiger partial charge < -0.3 is 10.7 Å². The topological polar surface area (TPSA) is 71.8 Å². The minimum atomic E-state index is -0.0938. The number of aryl methyl sites for hydroxylation is 1. The van der Waals surface area contributed by atoms with Crippen LogP contribution in [0.4, 0.5) is 5.69 Å². The van der Waals surface area contributed by atoms with Crippen LogP contribution >= 0.6 is 11.6 Å². The highest BCUT2D eigenvalue weighted by atomic mass is 35.5. The zero-order chi connectivity index (χ0) is 14.3. The maximum Gasteiger partial charge on any atom is 0.195 e. The van der Waals surface area contributed by atoms with Gasteiger partial charge in [-0.25, -0.2) is 4.98 Å². The Hall–Kier alpha value is -2.33. The summed E-state index contributed by atoms with van der Waals surface area (Å²) in [5.74, 6) is -0.0938. The van der Waals surface area contributed by atoms with E-state index in [4.69, 9.17) is 17.3 Å². The molecule has 0 fully saturated rings. The van der Waals surface area contributed by atoms with E-state index in [2.05, 4.69) is 9.97 Å². The lowest BCUT2D eigenvalue weighted by atomic mass is 9.99. The van der Waals surface area contributed by atoms with Crippen LogP contribution in [0.5, 0.6) is 0 Å². The number of nitrogens with zero attached hydrogens (tertiary/aromatic N) is 1. The van der Waals surface area contributed by atoms with Gasteiger partial charge in [-0.05, 0) is 36.8 Å². The van der Waals surface area contributed by atoms with E-state index in [1.807, 2.05) is 6.92 Å². The van der Waals surface area contributed by atoms with E-state index in [9.17, 15) is 4.79 Å². The molecule has 4 nitrogen and oxygen atoms in total. The van der Waals surface area contributed by atoms with Crippen molar-refractivity contribution in [2.24, 2.45) is 0 Å². The van der Waals surface area contributed by atoms with Crippen LogP contribution in [0.15, 0.2) is 36.7 Å². The van der Waals surface area contributed by atoms with Gasteiger partial charge in [0.15, 0.2) is 5.78 Å². The van der Waals surface area contributed by atoms with Gasteiger partial charge in [0.2, 0.25) is 0 Å². The zero-order valence-electron chi connectivity index (χ0n) is 10.8. The van der Waals surface area contributed by atoms with Crippen molar-refractivity contribution < 1.29 is 4.79 Å². The summed E-state index contributed by atoms with van der Waals surface area (Å²) >= 11 is 6.17. The third-order valence-electron chi connectivity index (χ3n) is 3.26. The molecule has 3 N–H and O–H groups in total. The second-order valence-corrected chi connectivity index (χ2v) is 5.03. The molecule has 3 rings (SSSR count). The number of nitrogens with two attached hydrogens (primary N) is 1. The van der Waals surface area contributed by atoms with Gasteiger partial charge in [-0.1, -0.05) is 11.6 Å². The monoisotopic (exact) mass is 285 g/mol. The lowest BCUT2D eigenvalue weighted by Gasteiger charge is -2.05.